The monoisotopic (exact) mass is 349 g/mol. The lowest BCUT2D eigenvalue weighted by Crippen LogP contribution is -2.05. The molecule has 2 N–H and O–H groups in total. The fourth-order valence-electron chi connectivity index (χ4n) is 2.76. The highest BCUT2D eigenvalue weighted by atomic mass is 16.5. The van der Waals surface area contributed by atoms with Gasteiger partial charge < -0.3 is 15.4 Å². The zero-order valence-electron chi connectivity index (χ0n) is 15.4. The number of hydrogen-bond donors (Lipinski definition) is 2. The summed E-state index contributed by atoms with van der Waals surface area (Å²) in [5, 5.41) is 14.7. The summed E-state index contributed by atoms with van der Waals surface area (Å²) in [7, 11) is 1.63. The fourth-order valence-corrected chi connectivity index (χ4v) is 2.76. The maximum Gasteiger partial charge on any atom is 0.249 e. The van der Waals surface area contributed by atoms with Crippen molar-refractivity contribution in [2.75, 3.05) is 17.7 Å². The maximum absolute atomic E-state index is 5.35. The second kappa shape index (κ2) is 7.82. The van der Waals surface area contributed by atoms with Gasteiger partial charge in [-0.05, 0) is 36.1 Å². The number of anilines is 4. The normalized spacial score (nSPS) is 10.7. The number of para-hydroxylation sites is 3. The van der Waals surface area contributed by atoms with E-state index in [0.29, 0.717) is 17.7 Å². The largest absolute Gasteiger partial charge is 0.495 e. The molecule has 0 aliphatic rings. The Morgan fingerprint density at radius 2 is 1.81 bits per heavy atom. The molecule has 6 heteroatoms. The molecule has 3 rings (SSSR count). The average Bonchev–Trinajstić information content (AvgIpc) is 2.64. The summed E-state index contributed by atoms with van der Waals surface area (Å²) in [5.74, 6) is 2.15. The molecule has 0 aliphatic carbocycles. The summed E-state index contributed by atoms with van der Waals surface area (Å²) < 4.78 is 5.35. The van der Waals surface area contributed by atoms with Gasteiger partial charge in [-0.2, -0.15) is 10.1 Å². The highest BCUT2D eigenvalue weighted by Crippen LogP contribution is 2.30. The highest BCUT2D eigenvalue weighted by Gasteiger charge is 2.11. The number of aryl methyl sites for hydroxylation is 1. The van der Waals surface area contributed by atoms with E-state index < -0.39 is 0 Å². The zero-order valence-corrected chi connectivity index (χ0v) is 15.4. The molecule has 2 aromatic carbocycles. The fraction of sp³-hybridized carbons (Fsp3) is 0.250. The molecule has 0 spiro atoms. The average molecular weight is 349 g/mol. The molecule has 0 unspecified atom stereocenters. The number of methoxy groups -OCH3 is 1. The minimum Gasteiger partial charge on any atom is -0.495 e. The predicted molar refractivity (Wildman–Crippen MR) is 105 cm³/mol. The first-order valence-electron chi connectivity index (χ1n) is 8.54. The van der Waals surface area contributed by atoms with E-state index in [0.717, 1.165) is 22.7 Å². The molecule has 1 aromatic heterocycles. The Kier molecular flexibility index (Phi) is 5.31. The van der Waals surface area contributed by atoms with Crippen LogP contribution in [0.15, 0.2) is 48.7 Å². The predicted octanol–water partition coefficient (Wildman–Crippen LogP) is 4.80. The minimum atomic E-state index is 0.401. The van der Waals surface area contributed by atoms with Crippen LogP contribution in [-0.4, -0.2) is 22.3 Å². The zero-order chi connectivity index (χ0) is 18.5. The molecule has 0 bridgehead atoms. The summed E-state index contributed by atoms with van der Waals surface area (Å²) in [6.45, 7) is 6.43. The van der Waals surface area contributed by atoms with E-state index in [1.807, 2.05) is 24.3 Å². The van der Waals surface area contributed by atoms with Gasteiger partial charge in [0, 0.05) is 5.69 Å². The van der Waals surface area contributed by atoms with E-state index in [9.17, 15) is 0 Å². The Morgan fingerprint density at radius 1 is 1.00 bits per heavy atom. The number of nitrogens with zero attached hydrogens (tertiary/aromatic N) is 3. The van der Waals surface area contributed by atoms with Crippen molar-refractivity contribution >= 4 is 23.1 Å². The van der Waals surface area contributed by atoms with Crippen molar-refractivity contribution in [2.24, 2.45) is 0 Å². The van der Waals surface area contributed by atoms with Crippen LogP contribution >= 0.6 is 0 Å². The van der Waals surface area contributed by atoms with E-state index >= 15 is 0 Å². The highest BCUT2D eigenvalue weighted by molar-refractivity contribution is 5.67. The number of ether oxygens (including phenoxy) is 1. The molecular weight excluding hydrogens is 326 g/mol. The topological polar surface area (TPSA) is 72.0 Å². The smallest absolute Gasteiger partial charge is 0.249 e. The van der Waals surface area contributed by atoms with Gasteiger partial charge in [0.25, 0.3) is 0 Å². The lowest BCUT2D eigenvalue weighted by molar-refractivity contribution is 0.417. The third kappa shape index (κ3) is 3.91. The standard InChI is InChI=1S/C20H23N5O/c1-13(2)15-9-7-8-14(3)19(15)23-18-12-21-25-20(24-18)22-16-10-5-6-11-17(16)26-4/h5-13H,1-4H3,(H2,22,23,24,25). The first-order valence-corrected chi connectivity index (χ1v) is 8.54. The molecule has 0 fully saturated rings. The van der Waals surface area contributed by atoms with Gasteiger partial charge >= 0.3 is 0 Å². The van der Waals surface area contributed by atoms with E-state index in [4.69, 9.17) is 4.74 Å². The third-order valence-electron chi connectivity index (χ3n) is 4.09. The van der Waals surface area contributed by atoms with Crippen LogP contribution in [0.2, 0.25) is 0 Å². The molecule has 0 saturated carbocycles. The van der Waals surface area contributed by atoms with Crippen molar-refractivity contribution in [3.05, 3.63) is 59.8 Å². The van der Waals surface area contributed by atoms with Gasteiger partial charge in [0.15, 0.2) is 5.82 Å². The lowest BCUT2D eigenvalue weighted by atomic mass is 9.98. The number of rotatable bonds is 6. The number of nitrogens with one attached hydrogen (secondary N) is 2. The maximum atomic E-state index is 5.35. The van der Waals surface area contributed by atoms with Crippen LogP contribution in [0.1, 0.15) is 30.9 Å². The number of hydrogen-bond acceptors (Lipinski definition) is 6. The van der Waals surface area contributed by atoms with E-state index in [2.05, 4.69) is 64.8 Å². The summed E-state index contributed by atoms with van der Waals surface area (Å²) in [6, 6.07) is 13.9. The van der Waals surface area contributed by atoms with Crippen LogP contribution in [-0.2, 0) is 0 Å². The van der Waals surface area contributed by atoms with Crippen molar-refractivity contribution in [3.8, 4) is 5.75 Å². The van der Waals surface area contributed by atoms with Crippen LogP contribution in [0.4, 0.5) is 23.1 Å². The summed E-state index contributed by atoms with van der Waals surface area (Å²) in [6.07, 6.45) is 1.62. The Hall–Kier alpha value is -3.15. The van der Waals surface area contributed by atoms with Crippen molar-refractivity contribution in [3.63, 3.8) is 0 Å². The first kappa shape index (κ1) is 17.7. The van der Waals surface area contributed by atoms with Gasteiger partial charge in [0.2, 0.25) is 5.95 Å². The summed E-state index contributed by atoms with van der Waals surface area (Å²) >= 11 is 0. The van der Waals surface area contributed by atoms with Gasteiger partial charge in [-0.1, -0.05) is 44.2 Å². The molecular formula is C20H23N5O. The number of aromatic nitrogens is 3. The third-order valence-corrected chi connectivity index (χ3v) is 4.09. The molecule has 0 atom stereocenters. The van der Waals surface area contributed by atoms with Crippen LogP contribution in [0.3, 0.4) is 0 Å². The minimum absolute atomic E-state index is 0.401. The Bertz CT molecular complexity index is 895. The molecule has 0 saturated heterocycles. The molecule has 1 heterocycles. The molecule has 0 radical (unpaired) electrons. The van der Waals surface area contributed by atoms with Crippen molar-refractivity contribution in [1.29, 1.82) is 0 Å². The van der Waals surface area contributed by atoms with Crippen molar-refractivity contribution < 1.29 is 4.74 Å². The quantitative estimate of drug-likeness (QED) is 0.666. The first-order chi connectivity index (χ1) is 12.6. The molecule has 6 nitrogen and oxygen atoms in total. The van der Waals surface area contributed by atoms with Crippen molar-refractivity contribution in [2.45, 2.75) is 26.7 Å². The Balaban J connectivity index is 1.87. The molecule has 134 valence electrons. The Morgan fingerprint density at radius 3 is 2.58 bits per heavy atom. The molecule has 0 amide bonds. The summed E-state index contributed by atoms with van der Waals surface area (Å²) in [5.41, 5.74) is 4.25. The second-order valence-electron chi connectivity index (χ2n) is 6.31. The molecule has 0 aliphatic heterocycles. The summed E-state index contributed by atoms with van der Waals surface area (Å²) in [4.78, 5) is 4.53. The van der Waals surface area contributed by atoms with Crippen LogP contribution < -0.4 is 15.4 Å². The number of benzene rings is 2. The van der Waals surface area contributed by atoms with Gasteiger partial charge in [-0.3, -0.25) is 0 Å². The van der Waals surface area contributed by atoms with E-state index in [1.54, 1.807) is 13.3 Å². The van der Waals surface area contributed by atoms with Gasteiger partial charge in [0.05, 0.1) is 19.0 Å². The lowest BCUT2D eigenvalue weighted by Gasteiger charge is -2.17. The molecule has 3 aromatic rings. The van der Waals surface area contributed by atoms with Crippen LogP contribution in [0.25, 0.3) is 0 Å². The SMILES string of the molecule is COc1ccccc1Nc1nncc(Nc2c(C)cccc2C(C)C)n1. The van der Waals surface area contributed by atoms with Gasteiger partial charge in [-0.25, -0.2) is 0 Å². The second-order valence-corrected chi connectivity index (χ2v) is 6.31. The molecule has 26 heavy (non-hydrogen) atoms. The van der Waals surface area contributed by atoms with Crippen LogP contribution in [0, 0.1) is 6.92 Å². The van der Waals surface area contributed by atoms with Crippen LogP contribution in [0.5, 0.6) is 5.75 Å². The van der Waals surface area contributed by atoms with Gasteiger partial charge in [0.1, 0.15) is 5.75 Å². The van der Waals surface area contributed by atoms with Crippen molar-refractivity contribution in [1.82, 2.24) is 15.2 Å². The van der Waals surface area contributed by atoms with Gasteiger partial charge in [-0.15, -0.1) is 5.10 Å². The van der Waals surface area contributed by atoms with E-state index in [1.165, 1.54) is 5.56 Å². The van der Waals surface area contributed by atoms with E-state index in [-0.39, 0.29) is 0 Å². The Labute approximate surface area is 153 Å².